The van der Waals surface area contributed by atoms with Crippen LogP contribution in [0, 0.1) is 5.82 Å². The van der Waals surface area contributed by atoms with E-state index in [1.165, 1.54) is 13.2 Å². The summed E-state index contributed by atoms with van der Waals surface area (Å²) >= 11 is 2.74. The lowest BCUT2D eigenvalue weighted by atomic mass is 10.1. The Kier molecular flexibility index (Phi) is 4.55. The zero-order valence-electron chi connectivity index (χ0n) is 8.22. The quantitative estimate of drug-likeness (QED) is 0.677. The van der Waals surface area contributed by atoms with E-state index in [9.17, 15) is 9.18 Å². The zero-order chi connectivity index (χ0) is 11.3. The van der Waals surface area contributed by atoms with Crippen molar-refractivity contribution in [3.05, 3.63) is 29.6 Å². The summed E-state index contributed by atoms with van der Waals surface area (Å²) < 4.78 is 18.0. The van der Waals surface area contributed by atoms with E-state index in [2.05, 4.69) is 21.2 Å². The Labute approximate surface area is 95.7 Å². The number of hydrogen-bond donors (Lipinski definition) is 1. The third-order valence-corrected chi connectivity index (χ3v) is 2.17. The fourth-order valence-corrected chi connectivity index (χ4v) is 1.37. The molecule has 0 spiro atoms. The van der Waals surface area contributed by atoms with E-state index in [0.717, 1.165) is 5.56 Å². The summed E-state index contributed by atoms with van der Waals surface area (Å²) in [4.78, 5) is 10.2. The van der Waals surface area contributed by atoms with Gasteiger partial charge in [0, 0.05) is 22.5 Å². The van der Waals surface area contributed by atoms with Gasteiger partial charge in [-0.1, -0.05) is 6.07 Å². The third-order valence-electron chi connectivity index (χ3n) is 1.89. The molecule has 1 rings (SSSR count). The average molecular weight is 276 g/mol. The number of benzene rings is 1. The summed E-state index contributed by atoms with van der Waals surface area (Å²) in [5.74, 6) is -0.163. The van der Waals surface area contributed by atoms with Gasteiger partial charge < -0.3 is 10.1 Å². The lowest BCUT2D eigenvalue weighted by Crippen LogP contribution is -2.19. The van der Waals surface area contributed by atoms with E-state index in [-0.39, 0.29) is 16.4 Å². The largest absolute Gasteiger partial charge is 0.494 e. The molecule has 3 nitrogen and oxygen atoms in total. The van der Waals surface area contributed by atoms with Crippen LogP contribution in [-0.4, -0.2) is 18.5 Å². The molecule has 0 saturated carbocycles. The first-order chi connectivity index (χ1) is 7.13. The Morgan fingerprint density at radius 3 is 2.87 bits per heavy atom. The van der Waals surface area contributed by atoms with Gasteiger partial charge in [-0.2, -0.15) is 0 Å². The molecule has 15 heavy (non-hydrogen) atoms. The smallest absolute Gasteiger partial charge is 0.287 e. The second kappa shape index (κ2) is 5.70. The minimum Gasteiger partial charge on any atom is -0.494 e. The molecule has 0 atom stereocenters. The first-order valence-electron chi connectivity index (χ1n) is 4.39. The number of amides is 1. The Bertz CT molecular complexity index is 357. The topological polar surface area (TPSA) is 38.3 Å². The van der Waals surface area contributed by atoms with Gasteiger partial charge in [0.2, 0.25) is 0 Å². The van der Waals surface area contributed by atoms with Crippen LogP contribution in [0.3, 0.4) is 0 Å². The molecule has 1 N–H and O–H groups in total. The van der Waals surface area contributed by atoms with Crippen molar-refractivity contribution >= 4 is 20.7 Å². The molecule has 0 aliphatic heterocycles. The SMILES string of the molecule is COc1ccc(CCNC(=O)Br)cc1F. The predicted octanol–water partition coefficient (Wildman–Crippen LogP) is 2.48. The van der Waals surface area contributed by atoms with E-state index < -0.39 is 0 Å². The van der Waals surface area contributed by atoms with Gasteiger partial charge in [-0.05, 0) is 24.1 Å². The van der Waals surface area contributed by atoms with Crippen molar-refractivity contribution in [1.82, 2.24) is 5.32 Å². The highest BCUT2D eigenvalue weighted by atomic mass is 79.9. The van der Waals surface area contributed by atoms with Gasteiger partial charge in [0.05, 0.1) is 7.11 Å². The van der Waals surface area contributed by atoms with Gasteiger partial charge in [-0.3, -0.25) is 4.79 Å². The highest BCUT2D eigenvalue weighted by Crippen LogP contribution is 2.17. The van der Waals surface area contributed by atoms with Crippen LogP contribution in [0.15, 0.2) is 18.2 Å². The maximum atomic E-state index is 13.2. The second-order valence-corrected chi connectivity index (χ2v) is 3.64. The van der Waals surface area contributed by atoms with E-state index in [4.69, 9.17) is 4.74 Å². The molecule has 0 bridgehead atoms. The molecule has 0 radical (unpaired) electrons. The van der Waals surface area contributed by atoms with Crippen LogP contribution in [0.25, 0.3) is 0 Å². The van der Waals surface area contributed by atoms with Gasteiger partial charge in [0.25, 0.3) is 4.82 Å². The van der Waals surface area contributed by atoms with Crippen LogP contribution < -0.4 is 10.1 Å². The molecule has 1 aromatic rings. The molecule has 1 amide bonds. The molecule has 0 aliphatic carbocycles. The number of rotatable bonds is 4. The Morgan fingerprint density at radius 1 is 1.60 bits per heavy atom. The van der Waals surface area contributed by atoms with E-state index in [0.29, 0.717) is 13.0 Å². The molecule has 5 heteroatoms. The standard InChI is InChI=1S/C10H11BrFNO2/c1-15-9-3-2-7(6-8(9)12)4-5-13-10(11)14/h2-3,6H,4-5H2,1H3,(H,13,14). The molecular weight excluding hydrogens is 265 g/mol. The van der Waals surface area contributed by atoms with Crippen molar-refractivity contribution in [1.29, 1.82) is 0 Å². The molecule has 0 saturated heterocycles. The van der Waals surface area contributed by atoms with Gasteiger partial charge in [0.1, 0.15) is 0 Å². The number of halogens is 2. The van der Waals surface area contributed by atoms with Crippen molar-refractivity contribution in [2.75, 3.05) is 13.7 Å². The normalized spacial score (nSPS) is 9.80. The second-order valence-electron chi connectivity index (χ2n) is 2.92. The highest BCUT2D eigenvalue weighted by molar-refractivity contribution is 9.18. The first kappa shape index (κ1) is 12.0. The number of ether oxygens (including phenoxy) is 1. The van der Waals surface area contributed by atoms with E-state index in [1.807, 2.05) is 0 Å². The fourth-order valence-electron chi connectivity index (χ4n) is 1.17. The zero-order valence-corrected chi connectivity index (χ0v) is 9.80. The average Bonchev–Trinajstić information content (AvgIpc) is 2.17. The Balaban J connectivity index is 2.55. The van der Waals surface area contributed by atoms with Crippen LogP contribution in [0.4, 0.5) is 9.18 Å². The first-order valence-corrected chi connectivity index (χ1v) is 5.18. The van der Waals surface area contributed by atoms with Gasteiger partial charge in [0.15, 0.2) is 11.6 Å². The van der Waals surface area contributed by atoms with Crippen LogP contribution in [-0.2, 0) is 6.42 Å². The summed E-state index contributed by atoms with van der Waals surface area (Å²) in [6.45, 7) is 0.468. The van der Waals surface area contributed by atoms with Crippen LogP contribution in [0.1, 0.15) is 5.56 Å². The van der Waals surface area contributed by atoms with Crippen LogP contribution in [0.2, 0.25) is 0 Å². The summed E-state index contributed by atoms with van der Waals surface area (Å²) in [5.41, 5.74) is 0.814. The van der Waals surface area contributed by atoms with Gasteiger partial charge in [-0.15, -0.1) is 0 Å². The minimum atomic E-state index is -0.389. The van der Waals surface area contributed by atoms with E-state index >= 15 is 0 Å². The molecule has 0 heterocycles. The molecule has 82 valence electrons. The van der Waals surface area contributed by atoms with Crippen LogP contribution >= 0.6 is 15.9 Å². The molecular formula is C10H11BrFNO2. The number of nitrogens with one attached hydrogen (secondary N) is 1. The molecule has 1 aromatic carbocycles. The fraction of sp³-hybridized carbons (Fsp3) is 0.300. The summed E-state index contributed by atoms with van der Waals surface area (Å²) in [6.07, 6.45) is 0.582. The van der Waals surface area contributed by atoms with Crippen molar-refractivity contribution in [3.63, 3.8) is 0 Å². The maximum absolute atomic E-state index is 13.2. The highest BCUT2D eigenvalue weighted by Gasteiger charge is 2.03. The lowest BCUT2D eigenvalue weighted by molar-refractivity contribution is 0.262. The number of methoxy groups -OCH3 is 1. The number of hydrogen-bond acceptors (Lipinski definition) is 2. The molecule has 0 aliphatic rings. The Hall–Kier alpha value is -1.10. The summed E-state index contributed by atoms with van der Waals surface area (Å²) in [7, 11) is 1.42. The molecule has 0 fully saturated rings. The monoisotopic (exact) mass is 275 g/mol. The van der Waals surface area contributed by atoms with Crippen molar-refractivity contribution < 1.29 is 13.9 Å². The van der Waals surface area contributed by atoms with E-state index in [1.54, 1.807) is 12.1 Å². The van der Waals surface area contributed by atoms with Crippen LogP contribution in [0.5, 0.6) is 5.75 Å². The van der Waals surface area contributed by atoms with Crippen molar-refractivity contribution in [3.8, 4) is 5.75 Å². The lowest BCUT2D eigenvalue weighted by Gasteiger charge is -2.05. The third kappa shape index (κ3) is 3.87. The minimum absolute atomic E-state index is 0.225. The maximum Gasteiger partial charge on any atom is 0.287 e. The number of carbonyl (C=O) groups is 1. The summed E-state index contributed by atoms with van der Waals surface area (Å²) in [6, 6.07) is 4.74. The molecule has 0 unspecified atom stereocenters. The van der Waals surface area contributed by atoms with Crippen molar-refractivity contribution in [2.24, 2.45) is 0 Å². The predicted molar refractivity (Wildman–Crippen MR) is 59.0 cm³/mol. The number of carbonyl (C=O) groups excluding carboxylic acids is 1. The van der Waals surface area contributed by atoms with Crippen molar-refractivity contribution in [2.45, 2.75) is 6.42 Å². The van der Waals surface area contributed by atoms with Gasteiger partial charge in [-0.25, -0.2) is 4.39 Å². The summed E-state index contributed by atoms with van der Waals surface area (Å²) in [5, 5.41) is 2.57. The van der Waals surface area contributed by atoms with Gasteiger partial charge >= 0.3 is 0 Å². The molecule has 0 aromatic heterocycles. The Morgan fingerprint density at radius 2 is 2.33 bits per heavy atom.